The van der Waals surface area contributed by atoms with Crippen molar-refractivity contribution in [3.63, 3.8) is 0 Å². The second-order valence-electron chi connectivity index (χ2n) is 13.1. The molecule has 4 saturated carbocycles. The third-order valence-electron chi connectivity index (χ3n) is 11.3. The van der Waals surface area contributed by atoms with E-state index in [4.69, 9.17) is 0 Å². The molecule has 0 spiro atoms. The van der Waals surface area contributed by atoms with Crippen LogP contribution in [0, 0.1) is 52.1 Å². The summed E-state index contributed by atoms with van der Waals surface area (Å²) in [5, 5.41) is 18.7. The van der Waals surface area contributed by atoms with E-state index in [1.54, 1.807) is 0 Å². The van der Waals surface area contributed by atoms with Crippen LogP contribution in [0.2, 0.25) is 0 Å². The molecule has 2 aromatic rings. The summed E-state index contributed by atoms with van der Waals surface area (Å²) in [7, 11) is 0. The second-order valence-corrected chi connectivity index (χ2v) is 14.0. The molecule has 4 aliphatic rings. The fourth-order valence-electron chi connectivity index (χ4n) is 9.67. The maximum absolute atomic E-state index is 14.1. The fraction of sp³-hybridized carbons (Fsp3) is 0.759. The van der Waals surface area contributed by atoms with E-state index >= 15 is 0 Å². The smallest absolute Gasteiger partial charge is 0.188 e. The van der Waals surface area contributed by atoms with Crippen LogP contribution < -0.4 is 0 Å². The Hall–Kier alpha value is -1.54. The van der Waals surface area contributed by atoms with E-state index in [-0.39, 0.29) is 29.2 Å². The summed E-state index contributed by atoms with van der Waals surface area (Å²) in [6.07, 6.45) is 11.8. The van der Waals surface area contributed by atoms with Gasteiger partial charge in [-0.15, -0.1) is 5.10 Å². The number of fused-ring (bicyclic) bond motifs is 6. The molecule has 5 nitrogen and oxygen atoms in total. The third-order valence-corrected chi connectivity index (χ3v) is 12.2. The normalized spacial score (nSPS) is 41.3. The number of nitrogens with zero attached hydrogens (tertiary/aromatic N) is 3. The Morgan fingerprint density at radius 2 is 1.92 bits per heavy atom. The topological polar surface area (TPSA) is 68.0 Å². The molecular formula is C29H39F2N3O2S. The predicted molar refractivity (Wildman–Crippen MR) is 141 cm³/mol. The van der Waals surface area contributed by atoms with Crippen molar-refractivity contribution in [2.45, 2.75) is 83.8 Å². The molecule has 0 radical (unpaired) electrons. The monoisotopic (exact) mass is 531 g/mol. The van der Waals surface area contributed by atoms with Crippen LogP contribution in [0.25, 0.3) is 11.0 Å². The highest BCUT2D eigenvalue weighted by Gasteiger charge is 2.62. The molecule has 6 rings (SSSR count). The maximum atomic E-state index is 14.1. The van der Waals surface area contributed by atoms with E-state index in [0.717, 1.165) is 51.0 Å². The molecule has 0 saturated heterocycles. The SMILES string of the molecule is CSCC12CC[C@@](C)(O)C[C@H]1CC[C@@H]1[C@@H]2CC[C@]2(C)[C@@H](C(=O)Cn3nnc4c(F)c(F)ccc43)CC[C@@H]12. The Balaban J connectivity index is 1.24. The van der Waals surface area contributed by atoms with E-state index < -0.39 is 17.2 Å². The molecule has 1 heterocycles. The Labute approximate surface area is 222 Å². The number of rotatable bonds is 5. The van der Waals surface area contributed by atoms with Crippen LogP contribution in [0.15, 0.2) is 12.1 Å². The van der Waals surface area contributed by atoms with Gasteiger partial charge in [0.2, 0.25) is 0 Å². The lowest BCUT2D eigenvalue weighted by Crippen LogP contribution is -2.58. The highest BCUT2D eigenvalue weighted by molar-refractivity contribution is 7.98. The first-order chi connectivity index (χ1) is 17.6. The van der Waals surface area contributed by atoms with Crippen molar-refractivity contribution in [2.75, 3.05) is 12.0 Å². The summed E-state index contributed by atoms with van der Waals surface area (Å²) in [4.78, 5) is 13.7. The van der Waals surface area contributed by atoms with Crippen molar-refractivity contribution in [3.05, 3.63) is 23.8 Å². The molecule has 8 atom stereocenters. The summed E-state index contributed by atoms with van der Waals surface area (Å²) in [6.45, 7) is 4.42. The Morgan fingerprint density at radius 1 is 1.11 bits per heavy atom. The molecule has 4 aliphatic carbocycles. The molecule has 0 bridgehead atoms. The molecule has 202 valence electrons. The summed E-state index contributed by atoms with van der Waals surface area (Å²) in [5.74, 6) is 1.78. The van der Waals surface area contributed by atoms with Crippen LogP contribution in [0.3, 0.4) is 0 Å². The number of aliphatic hydroxyl groups is 1. The van der Waals surface area contributed by atoms with Crippen molar-refractivity contribution in [1.82, 2.24) is 15.0 Å². The van der Waals surface area contributed by atoms with Gasteiger partial charge in [-0.25, -0.2) is 13.5 Å². The molecule has 1 unspecified atom stereocenters. The first-order valence-electron chi connectivity index (χ1n) is 14.0. The van der Waals surface area contributed by atoms with Gasteiger partial charge in [0.05, 0.1) is 11.1 Å². The van der Waals surface area contributed by atoms with Gasteiger partial charge in [-0.3, -0.25) is 4.79 Å². The van der Waals surface area contributed by atoms with Crippen molar-refractivity contribution < 1.29 is 18.7 Å². The number of carbonyl (C=O) groups excluding carboxylic acids is 1. The van der Waals surface area contributed by atoms with Gasteiger partial charge in [0.15, 0.2) is 22.9 Å². The number of aromatic nitrogens is 3. The molecular weight excluding hydrogens is 492 g/mol. The van der Waals surface area contributed by atoms with Crippen LogP contribution in [-0.4, -0.2) is 43.5 Å². The number of halogens is 2. The van der Waals surface area contributed by atoms with Gasteiger partial charge in [0.25, 0.3) is 0 Å². The zero-order chi connectivity index (χ0) is 26.2. The van der Waals surface area contributed by atoms with Gasteiger partial charge in [0, 0.05) is 5.92 Å². The molecule has 4 fully saturated rings. The standard InChI is InChI=1S/C29H39F2N3O2S/c1-27(36)12-13-29(16-37-3)17(14-27)4-5-18-19-6-7-21(28(19,2)11-10-20(18)29)24(35)15-34-23-9-8-22(30)25(31)26(23)32-33-34/h8-9,17-21,36H,4-7,10-16H2,1-3H3/t17-,18+,19+,20+,21-,27-,28+,29?/m1/s1. The minimum atomic E-state index is -1.01. The summed E-state index contributed by atoms with van der Waals surface area (Å²) < 4.78 is 29.2. The van der Waals surface area contributed by atoms with Crippen molar-refractivity contribution in [1.29, 1.82) is 0 Å². The van der Waals surface area contributed by atoms with E-state index in [9.17, 15) is 18.7 Å². The quantitative estimate of drug-likeness (QED) is 0.510. The Morgan fingerprint density at radius 3 is 2.70 bits per heavy atom. The minimum absolute atomic E-state index is 0.0282. The predicted octanol–water partition coefficient (Wildman–Crippen LogP) is 6.03. The lowest BCUT2D eigenvalue weighted by molar-refractivity contribution is -0.149. The molecule has 1 aromatic carbocycles. The average Bonchev–Trinajstić information content (AvgIpc) is 3.42. The van der Waals surface area contributed by atoms with E-state index in [1.165, 1.54) is 29.3 Å². The van der Waals surface area contributed by atoms with Crippen LogP contribution in [-0.2, 0) is 11.3 Å². The lowest BCUT2D eigenvalue weighted by Gasteiger charge is -2.62. The highest BCUT2D eigenvalue weighted by atomic mass is 32.2. The van der Waals surface area contributed by atoms with Crippen molar-refractivity contribution in [2.24, 2.45) is 40.4 Å². The van der Waals surface area contributed by atoms with Crippen LogP contribution in [0.5, 0.6) is 0 Å². The number of ketones is 1. The number of thioether (sulfide) groups is 1. The largest absolute Gasteiger partial charge is 0.390 e. The van der Waals surface area contributed by atoms with Gasteiger partial charge in [-0.2, -0.15) is 11.8 Å². The molecule has 0 amide bonds. The minimum Gasteiger partial charge on any atom is -0.390 e. The molecule has 1 N–H and O–H groups in total. The van der Waals surface area contributed by atoms with Gasteiger partial charge in [0.1, 0.15) is 6.54 Å². The number of hydrogen-bond donors (Lipinski definition) is 1. The zero-order valence-corrected chi connectivity index (χ0v) is 23.0. The maximum Gasteiger partial charge on any atom is 0.188 e. The summed E-state index contributed by atoms with van der Waals surface area (Å²) in [5.41, 5.74) is -0.00692. The van der Waals surface area contributed by atoms with Gasteiger partial charge >= 0.3 is 0 Å². The fourth-order valence-corrected chi connectivity index (χ4v) is 10.8. The second kappa shape index (κ2) is 9.00. The Kier molecular flexibility index (Phi) is 6.26. The number of benzene rings is 1. The zero-order valence-electron chi connectivity index (χ0n) is 22.2. The lowest BCUT2D eigenvalue weighted by atomic mass is 9.44. The van der Waals surface area contributed by atoms with Crippen molar-refractivity contribution >= 4 is 28.6 Å². The first kappa shape index (κ1) is 25.7. The number of carbonyl (C=O) groups is 1. The van der Waals surface area contributed by atoms with Gasteiger partial charge in [-0.05, 0) is 123 Å². The van der Waals surface area contributed by atoms with Gasteiger partial charge in [-0.1, -0.05) is 12.1 Å². The highest BCUT2D eigenvalue weighted by Crippen LogP contribution is 2.68. The molecule has 1 aromatic heterocycles. The van der Waals surface area contributed by atoms with Crippen LogP contribution in [0.1, 0.15) is 71.6 Å². The molecule has 37 heavy (non-hydrogen) atoms. The summed E-state index contributed by atoms with van der Waals surface area (Å²) in [6, 6.07) is 2.53. The van der Waals surface area contributed by atoms with Crippen LogP contribution >= 0.6 is 11.8 Å². The molecule has 0 aliphatic heterocycles. The van der Waals surface area contributed by atoms with Crippen LogP contribution in [0.4, 0.5) is 8.78 Å². The van der Waals surface area contributed by atoms with E-state index in [0.29, 0.717) is 34.6 Å². The third kappa shape index (κ3) is 3.90. The van der Waals surface area contributed by atoms with E-state index in [1.807, 2.05) is 18.7 Å². The average molecular weight is 532 g/mol. The van der Waals surface area contributed by atoms with Gasteiger partial charge < -0.3 is 5.11 Å². The number of hydrogen-bond acceptors (Lipinski definition) is 5. The Bertz CT molecular complexity index is 1220. The van der Waals surface area contributed by atoms with Crippen molar-refractivity contribution in [3.8, 4) is 0 Å². The van der Waals surface area contributed by atoms with E-state index in [2.05, 4.69) is 23.5 Å². The number of Topliss-reactive ketones (excluding diaryl/α,β-unsaturated/α-hetero) is 1. The first-order valence-corrected chi connectivity index (χ1v) is 15.4. The molecule has 8 heteroatoms. The summed E-state index contributed by atoms with van der Waals surface area (Å²) >= 11 is 1.97.